The molecule has 0 bridgehead atoms. The van der Waals surface area contributed by atoms with Gasteiger partial charge in [0, 0.05) is 9.64 Å². The first-order valence-corrected chi connectivity index (χ1v) is 5.53. The smallest absolute Gasteiger partial charge is 0.238 e. The number of carbonyl (C=O) groups excluding carboxylic acids is 1. The lowest BCUT2D eigenvalue weighted by atomic mass is 10.3. The number of likely N-dealkylation sites (N-methyl/N-ethyl adjacent to an activating group) is 1. The Hall–Kier alpha value is -0.820. The summed E-state index contributed by atoms with van der Waals surface area (Å²) in [6.45, 7) is 0.299. The lowest BCUT2D eigenvalue weighted by Crippen LogP contribution is -2.25. The molecular formula is C10H13IN2O2. The fourth-order valence-corrected chi connectivity index (χ4v) is 1.55. The van der Waals surface area contributed by atoms with Crippen LogP contribution in [0.3, 0.4) is 0 Å². The molecule has 0 heterocycles. The molecule has 0 saturated heterocycles. The van der Waals surface area contributed by atoms with Crippen molar-refractivity contribution in [1.29, 1.82) is 0 Å². The summed E-state index contributed by atoms with van der Waals surface area (Å²) in [7, 11) is 3.33. The predicted molar refractivity (Wildman–Crippen MR) is 68.3 cm³/mol. The van der Waals surface area contributed by atoms with Gasteiger partial charge in [0.1, 0.15) is 5.75 Å². The highest BCUT2D eigenvalue weighted by molar-refractivity contribution is 14.1. The second-order valence-corrected chi connectivity index (χ2v) is 4.09. The fourth-order valence-electron chi connectivity index (χ4n) is 1.08. The average molecular weight is 320 g/mol. The summed E-state index contributed by atoms with van der Waals surface area (Å²) in [4.78, 5) is 11.3. The standard InChI is InChI=1S/C10H13IN2O2/c1-12-6-10(14)13-9-5-7(15-2)3-4-8(9)11/h3-5,12H,6H2,1-2H3,(H,13,14). The molecule has 1 aromatic rings. The van der Waals surface area contributed by atoms with Gasteiger partial charge in [-0.3, -0.25) is 4.79 Å². The van der Waals surface area contributed by atoms with Crippen LogP contribution in [0.25, 0.3) is 0 Å². The fraction of sp³-hybridized carbons (Fsp3) is 0.300. The van der Waals surface area contributed by atoms with E-state index in [0.717, 1.165) is 15.0 Å². The lowest BCUT2D eigenvalue weighted by Gasteiger charge is -2.08. The summed E-state index contributed by atoms with van der Waals surface area (Å²) in [6, 6.07) is 5.55. The largest absolute Gasteiger partial charge is 0.497 e. The summed E-state index contributed by atoms with van der Waals surface area (Å²) in [5, 5.41) is 5.59. The first kappa shape index (κ1) is 12.3. The third-order valence-corrected chi connectivity index (χ3v) is 2.73. The SMILES string of the molecule is CNCC(=O)Nc1cc(OC)ccc1I. The Bertz CT molecular complexity index is 355. The number of rotatable bonds is 4. The first-order chi connectivity index (χ1) is 7.17. The molecule has 0 aromatic heterocycles. The molecule has 0 radical (unpaired) electrons. The Morgan fingerprint density at radius 3 is 2.87 bits per heavy atom. The number of anilines is 1. The zero-order valence-corrected chi connectivity index (χ0v) is 10.8. The maximum atomic E-state index is 11.3. The summed E-state index contributed by atoms with van der Waals surface area (Å²) < 4.78 is 6.07. The Morgan fingerprint density at radius 2 is 2.27 bits per heavy atom. The Balaban J connectivity index is 2.79. The number of hydrogen-bond acceptors (Lipinski definition) is 3. The number of halogens is 1. The minimum absolute atomic E-state index is 0.0660. The third kappa shape index (κ3) is 3.67. The molecule has 0 fully saturated rings. The van der Waals surface area contributed by atoms with Gasteiger partial charge in [0.05, 0.1) is 19.3 Å². The van der Waals surface area contributed by atoms with E-state index in [2.05, 4.69) is 33.2 Å². The maximum Gasteiger partial charge on any atom is 0.238 e. The number of benzene rings is 1. The normalized spacial score (nSPS) is 9.80. The van der Waals surface area contributed by atoms with E-state index in [0.29, 0.717) is 6.54 Å². The molecule has 0 unspecified atom stereocenters. The Labute approximate surface area is 103 Å². The lowest BCUT2D eigenvalue weighted by molar-refractivity contribution is -0.115. The number of methoxy groups -OCH3 is 1. The molecule has 4 nitrogen and oxygen atoms in total. The Kier molecular flexibility index (Phi) is 4.83. The molecule has 0 aliphatic carbocycles. The van der Waals surface area contributed by atoms with Crippen molar-refractivity contribution in [2.75, 3.05) is 26.0 Å². The highest BCUT2D eigenvalue weighted by Crippen LogP contribution is 2.23. The monoisotopic (exact) mass is 320 g/mol. The number of carbonyl (C=O) groups is 1. The minimum Gasteiger partial charge on any atom is -0.497 e. The highest BCUT2D eigenvalue weighted by atomic mass is 127. The van der Waals surface area contributed by atoms with Crippen LogP contribution >= 0.6 is 22.6 Å². The number of hydrogen-bond donors (Lipinski definition) is 2. The van der Waals surface area contributed by atoms with Crippen LogP contribution in [0.2, 0.25) is 0 Å². The molecule has 0 saturated carbocycles. The van der Waals surface area contributed by atoms with E-state index in [-0.39, 0.29) is 5.91 Å². The summed E-state index contributed by atoms with van der Waals surface area (Å²) >= 11 is 2.16. The number of nitrogens with one attached hydrogen (secondary N) is 2. The van der Waals surface area contributed by atoms with E-state index in [4.69, 9.17) is 4.74 Å². The van der Waals surface area contributed by atoms with E-state index in [1.165, 1.54) is 0 Å². The van der Waals surface area contributed by atoms with Gasteiger partial charge in [-0.2, -0.15) is 0 Å². The van der Waals surface area contributed by atoms with Crippen LogP contribution in [0.1, 0.15) is 0 Å². The van der Waals surface area contributed by atoms with Gasteiger partial charge in [-0.05, 0) is 41.8 Å². The molecule has 0 spiro atoms. The maximum absolute atomic E-state index is 11.3. The minimum atomic E-state index is -0.0660. The zero-order chi connectivity index (χ0) is 11.3. The number of ether oxygens (including phenoxy) is 1. The molecule has 0 aliphatic heterocycles. The third-order valence-electron chi connectivity index (χ3n) is 1.78. The van der Waals surface area contributed by atoms with Gasteiger partial charge in [0.25, 0.3) is 0 Å². The summed E-state index contributed by atoms with van der Waals surface area (Å²) in [6.07, 6.45) is 0. The van der Waals surface area contributed by atoms with Crippen LogP contribution in [0.5, 0.6) is 5.75 Å². The molecule has 1 rings (SSSR count). The molecule has 5 heteroatoms. The van der Waals surface area contributed by atoms with Crippen LogP contribution in [0.15, 0.2) is 18.2 Å². The molecular weight excluding hydrogens is 307 g/mol. The highest BCUT2D eigenvalue weighted by Gasteiger charge is 2.05. The van der Waals surface area contributed by atoms with Gasteiger partial charge in [0.2, 0.25) is 5.91 Å². The van der Waals surface area contributed by atoms with Crippen molar-refractivity contribution < 1.29 is 9.53 Å². The summed E-state index contributed by atoms with van der Waals surface area (Å²) in [5.74, 6) is 0.666. The average Bonchev–Trinajstić information content (AvgIpc) is 2.21. The van der Waals surface area contributed by atoms with Crippen molar-refractivity contribution in [1.82, 2.24) is 5.32 Å². The Morgan fingerprint density at radius 1 is 1.53 bits per heavy atom. The molecule has 82 valence electrons. The van der Waals surface area contributed by atoms with Crippen LogP contribution in [-0.2, 0) is 4.79 Å². The van der Waals surface area contributed by atoms with Gasteiger partial charge in [-0.25, -0.2) is 0 Å². The van der Waals surface area contributed by atoms with Crippen LogP contribution in [-0.4, -0.2) is 26.6 Å². The van der Waals surface area contributed by atoms with E-state index >= 15 is 0 Å². The van der Waals surface area contributed by atoms with Crippen LogP contribution in [0.4, 0.5) is 5.69 Å². The molecule has 0 aliphatic rings. The van der Waals surface area contributed by atoms with Gasteiger partial charge in [-0.1, -0.05) is 0 Å². The molecule has 1 aromatic carbocycles. The molecule has 2 N–H and O–H groups in total. The molecule has 15 heavy (non-hydrogen) atoms. The zero-order valence-electron chi connectivity index (χ0n) is 8.63. The van der Waals surface area contributed by atoms with Crippen LogP contribution in [0, 0.1) is 3.57 Å². The second-order valence-electron chi connectivity index (χ2n) is 2.92. The van der Waals surface area contributed by atoms with Crippen molar-refractivity contribution >= 4 is 34.2 Å². The van der Waals surface area contributed by atoms with Crippen LogP contribution < -0.4 is 15.4 Å². The van der Waals surface area contributed by atoms with Crippen molar-refractivity contribution in [3.8, 4) is 5.75 Å². The van der Waals surface area contributed by atoms with Gasteiger partial charge < -0.3 is 15.4 Å². The molecule has 0 atom stereocenters. The van der Waals surface area contributed by atoms with E-state index < -0.39 is 0 Å². The summed E-state index contributed by atoms with van der Waals surface area (Å²) in [5.41, 5.74) is 0.773. The quantitative estimate of drug-likeness (QED) is 0.826. The van der Waals surface area contributed by atoms with Gasteiger partial charge in [-0.15, -0.1) is 0 Å². The van der Waals surface area contributed by atoms with E-state index in [1.807, 2.05) is 12.1 Å². The topological polar surface area (TPSA) is 50.4 Å². The van der Waals surface area contributed by atoms with Gasteiger partial charge in [0.15, 0.2) is 0 Å². The van der Waals surface area contributed by atoms with E-state index in [1.54, 1.807) is 20.2 Å². The molecule has 1 amide bonds. The van der Waals surface area contributed by atoms with Crippen molar-refractivity contribution in [3.05, 3.63) is 21.8 Å². The van der Waals surface area contributed by atoms with Crippen molar-refractivity contribution in [3.63, 3.8) is 0 Å². The van der Waals surface area contributed by atoms with Gasteiger partial charge >= 0.3 is 0 Å². The number of amides is 1. The first-order valence-electron chi connectivity index (χ1n) is 4.45. The van der Waals surface area contributed by atoms with Crippen molar-refractivity contribution in [2.45, 2.75) is 0 Å². The second kappa shape index (κ2) is 5.92. The van der Waals surface area contributed by atoms with E-state index in [9.17, 15) is 4.79 Å². The predicted octanol–water partition coefficient (Wildman–Crippen LogP) is 1.46. The van der Waals surface area contributed by atoms with Crippen molar-refractivity contribution in [2.24, 2.45) is 0 Å².